The molecule has 1 amide bonds. The summed E-state index contributed by atoms with van der Waals surface area (Å²) >= 11 is 5.84. The lowest BCUT2D eigenvalue weighted by Gasteiger charge is -2.29. The number of amides is 1. The van der Waals surface area contributed by atoms with Crippen LogP contribution in [0.2, 0.25) is 5.02 Å². The molecule has 1 aliphatic rings. The molecule has 0 saturated carbocycles. The summed E-state index contributed by atoms with van der Waals surface area (Å²) < 4.78 is 33.5. The molecule has 3 rings (SSSR count). The molecule has 0 aromatic heterocycles. The molecular weight excluding hydrogens is 388 g/mol. The first-order valence-corrected chi connectivity index (χ1v) is 10.5. The Balaban J connectivity index is 1.81. The molecule has 0 bridgehead atoms. The Kier molecular flexibility index (Phi) is 6.49. The van der Waals surface area contributed by atoms with E-state index < -0.39 is 16.1 Å². The Morgan fingerprint density at radius 2 is 1.70 bits per heavy atom. The Bertz CT molecular complexity index is 866. The second-order valence-corrected chi connectivity index (χ2v) is 8.39. The molecule has 0 aliphatic carbocycles. The first kappa shape index (κ1) is 19.8. The second-order valence-electron chi connectivity index (χ2n) is 6.24. The van der Waals surface area contributed by atoms with E-state index in [0.717, 1.165) is 5.56 Å². The lowest BCUT2D eigenvalue weighted by Crippen LogP contribution is -2.42. The Morgan fingerprint density at radius 3 is 2.33 bits per heavy atom. The summed E-state index contributed by atoms with van der Waals surface area (Å²) in [6.45, 7) is 2.03. The standard InChI is InChI=1S/C19H21ClN2O4S/c20-16-6-8-17(9-7-16)27(24,25)21-18(15-4-2-1-3-5-15)14-19(23)22-10-12-26-13-11-22/h1-9,18,21H,10-14H2. The lowest BCUT2D eigenvalue weighted by atomic mass is 10.0. The van der Waals surface area contributed by atoms with E-state index >= 15 is 0 Å². The van der Waals surface area contributed by atoms with Crippen molar-refractivity contribution in [3.8, 4) is 0 Å². The molecule has 0 radical (unpaired) electrons. The Hall–Kier alpha value is -1.93. The number of morpholine rings is 1. The van der Waals surface area contributed by atoms with Crippen LogP contribution in [0, 0.1) is 0 Å². The van der Waals surface area contributed by atoms with Gasteiger partial charge in [0.2, 0.25) is 15.9 Å². The third-order valence-electron chi connectivity index (χ3n) is 4.37. The van der Waals surface area contributed by atoms with Crippen molar-refractivity contribution >= 4 is 27.5 Å². The molecule has 0 spiro atoms. The van der Waals surface area contributed by atoms with Crippen LogP contribution in [0.15, 0.2) is 59.5 Å². The minimum atomic E-state index is -3.80. The summed E-state index contributed by atoms with van der Waals surface area (Å²) in [6.07, 6.45) is 0.0385. The summed E-state index contributed by atoms with van der Waals surface area (Å²) in [6, 6.07) is 14.4. The van der Waals surface area contributed by atoms with Crippen LogP contribution in [0.3, 0.4) is 0 Å². The molecule has 27 heavy (non-hydrogen) atoms. The van der Waals surface area contributed by atoms with Crippen LogP contribution in [0.4, 0.5) is 0 Å². The smallest absolute Gasteiger partial charge is 0.241 e. The third kappa shape index (κ3) is 5.29. The minimum Gasteiger partial charge on any atom is -0.378 e. The molecule has 2 aromatic carbocycles. The zero-order valence-corrected chi connectivity index (χ0v) is 16.2. The number of nitrogens with one attached hydrogen (secondary N) is 1. The number of carbonyl (C=O) groups excluding carboxylic acids is 1. The fourth-order valence-corrected chi connectivity index (χ4v) is 4.25. The van der Waals surface area contributed by atoms with E-state index in [9.17, 15) is 13.2 Å². The number of sulfonamides is 1. The monoisotopic (exact) mass is 408 g/mol. The van der Waals surface area contributed by atoms with Gasteiger partial charge in [0.25, 0.3) is 0 Å². The molecule has 144 valence electrons. The van der Waals surface area contributed by atoms with Crippen molar-refractivity contribution in [2.75, 3.05) is 26.3 Å². The van der Waals surface area contributed by atoms with Crippen LogP contribution in [0.25, 0.3) is 0 Å². The highest BCUT2D eigenvalue weighted by atomic mass is 35.5. The van der Waals surface area contributed by atoms with Crippen LogP contribution < -0.4 is 4.72 Å². The van der Waals surface area contributed by atoms with Crippen molar-refractivity contribution < 1.29 is 17.9 Å². The fourth-order valence-electron chi connectivity index (χ4n) is 2.90. The van der Waals surface area contributed by atoms with Crippen molar-refractivity contribution in [1.29, 1.82) is 0 Å². The van der Waals surface area contributed by atoms with Gasteiger partial charge in [0.15, 0.2) is 0 Å². The van der Waals surface area contributed by atoms with Crippen molar-refractivity contribution in [1.82, 2.24) is 9.62 Å². The van der Waals surface area contributed by atoms with Crippen LogP contribution in [0.5, 0.6) is 0 Å². The topological polar surface area (TPSA) is 75.7 Å². The number of hydrogen-bond donors (Lipinski definition) is 1. The molecule has 1 atom stereocenters. The van der Waals surface area contributed by atoms with E-state index in [1.807, 2.05) is 30.3 Å². The zero-order chi connectivity index (χ0) is 19.3. The second kappa shape index (κ2) is 8.84. The van der Waals surface area contributed by atoms with Gasteiger partial charge in [0.05, 0.1) is 24.2 Å². The molecule has 8 heteroatoms. The Labute approximate surface area is 164 Å². The molecule has 1 unspecified atom stereocenters. The lowest BCUT2D eigenvalue weighted by molar-refractivity contribution is -0.135. The largest absolute Gasteiger partial charge is 0.378 e. The molecule has 1 saturated heterocycles. The van der Waals surface area contributed by atoms with Gasteiger partial charge in [-0.05, 0) is 29.8 Å². The molecule has 2 aromatic rings. The van der Waals surface area contributed by atoms with E-state index in [4.69, 9.17) is 16.3 Å². The van der Waals surface area contributed by atoms with Crippen molar-refractivity contribution in [3.05, 3.63) is 65.2 Å². The van der Waals surface area contributed by atoms with Crippen LogP contribution >= 0.6 is 11.6 Å². The summed E-state index contributed by atoms with van der Waals surface area (Å²) in [5, 5.41) is 0.455. The molecule has 1 N–H and O–H groups in total. The molecular formula is C19H21ClN2O4S. The van der Waals surface area contributed by atoms with Gasteiger partial charge in [0.1, 0.15) is 0 Å². The van der Waals surface area contributed by atoms with E-state index in [1.165, 1.54) is 24.3 Å². The number of hydrogen-bond acceptors (Lipinski definition) is 4. The van der Waals surface area contributed by atoms with Gasteiger partial charge < -0.3 is 9.64 Å². The summed E-state index contributed by atoms with van der Waals surface area (Å²) in [4.78, 5) is 14.5. The van der Waals surface area contributed by atoms with Gasteiger partial charge >= 0.3 is 0 Å². The molecule has 1 fully saturated rings. The first-order chi connectivity index (χ1) is 13.0. The predicted molar refractivity (Wildman–Crippen MR) is 103 cm³/mol. The van der Waals surface area contributed by atoms with E-state index in [-0.39, 0.29) is 17.2 Å². The normalized spacial score (nSPS) is 16.1. The van der Waals surface area contributed by atoms with Gasteiger partial charge in [-0.2, -0.15) is 0 Å². The van der Waals surface area contributed by atoms with Gasteiger partial charge in [-0.15, -0.1) is 0 Å². The van der Waals surface area contributed by atoms with E-state index in [2.05, 4.69) is 4.72 Å². The van der Waals surface area contributed by atoms with E-state index in [0.29, 0.717) is 31.3 Å². The highest BCUT2D eigenvalue weighted by Crippen LogP contribution is 2.22. The number of carbonyl (C=O) groups is 1. The summed E-state index contributed by atoms with van der Waals surface area (Å²) in [5.74, 6) is -0.106. The maximum Gasteiger partial charge on any atom is 0.241 e. The predicted octanol–water partition coefficient (Wildman–Crippen LogP) is 2.61. The average molecular weight is 409 g/mol. The average Bonchev–Trinajstić information content (AvgIpc) is 2.69. The fraction of sp³-hybridized carbons (Fsp3) is 0.316. The first-order valence-electron chi connectivity index (χ1n) is 8.64. The molecule has 1 aliphatic heterocycles. The van der Waals surface area contributed by atoms with Crippen molar-refractivity contribution in [2.24, 2.45) is 0 Å². The SMILES string of the molecule is O=C(CC(NS(=O)(=O)c1ccc(Cl)cc1)c1ccccc1)N1CCOCC1. The quantitative estimate of drug-likeness (QED) is 0.797. The number of ether oxygens (including phenoxy) is 1. The van der Waals surface area contributed by atoms with Gasteiger partial charge in [-0.25, -0.2) is 13.1 Å². The maximum atomic E-state index is 12.8. The molecule has 6 nitrogen and oxygen atoms in total. The van der Waals surface area contributed by atoms with Crippen LogP contribution in [-0.4, -0.2) is 45.5 Å². The third-order valence-corrected chi connectivity index (χ3v) is 6.11. The highest BCUT2D eigenvalue weighted by molar-refractivity contribution is 7.89. The van der Waals surface area contributed by atoms with Crippen molar-refractivity contribution in [2.45, 2.75) is 17.4 Å². The number of nitrogens with zero attached hydrogens (tertiary/aromatic N) is 1. The van der Waals surface area contributed by atoms with Crippen molar-refractivity contribution in [3.63, 3.8) is 0 Å². The maximum absolute atomic E-state index is 12.8. The highest BCUT2D eigenvalue weighted by Gasteiger charge is 2.26. The van der Waals surface area contributed by atoms with E-state index in [1.54, 1.807) is 4.90 Å². The summed E-state index contributed by atoms with van der Waals surface area (Å²) in [5.41, 5.74) is 0.733. The minimum absolute atomic E-state index is 0.0385. The number of benzene rings is 2. The van der Waals surface area contributed by atoms with Gasteiger partial charge in [-0.3, -0.25) is 4.79 Å². The van der Waals surface area contributed by atoms with Crippen LogP contribution in [-0.2, 0) is 19.6 Å². The molecule has 1 heterocycles. The van der Waals surface area contributed by atoms with Gasteiger partial charge in [0, 0.05) is 24.5 Å². The number of halogens is 1. The zero-order valence-electron chi connectivity index (χ0n) is 14.7. The number of rotatable bonds is 6. The van der Waals surface area contributed by atoms with Crippen LogP contribution in [0.1, 0.15) is 18.0 Å². The summed E-state index contributed by atoms with van der Waals surface area (Å²) in [7, 11) is -3.80. The Morgan fingerprint density at radius 1 is 1.07 bits per heavy atom. The van der Waals surface area contributed by atoms with Gasteiger partial charge in [-0.1, -0.05) is 41.9 Å².